The molecule has 2 N–H and O–H groups in total. The van der Waals surface area contributed by atoms with Crippen molar-refractivity contribution in [1.82, 2.24) is 4.90 Å². The highest BCUT2D eigenvalue weighted by Gasteiger charge is 2.21. The number of carbonyl (C=O) groups excluding carboxylic acids is 1. The van der Waals surface area contributed by atoms with Crippen molar-refractivity contribution < 1.29 is 15.0 Å². The highest BCUT2D eigenvalue weighted by Crippen LogP contribution is 2.24. The number of benzene rings is 2. The lowest BCUT2D eigenvalue weighted by Crippen LogP contribution is -2.30. The van der Waals surface area contributed by atoms with Gasteiger partial charge in [0.1, 0.15) is 5.75 Å². The average Bonchev–Trinajstić information content (AvgIpc) is 2.54. The van der Waals surface area contributed by atoms with E-state index >= 15 is 0 Å². The molecule has 22 heavy (non-hydrogen) atoms. The molecule has 2 unspecified atom stereocenters. The first-order chi connectivity index (χ1) is 10.5. The van der Waals surface area contributed by atoms with Gasteiger partial charge in [0.15, 0.2) is 0 Å². The second-order valence-corrected chi connectivity index (χ2v) is 5.41. The van der Waals surface area contributed by atoms with Crippen LogP contribution < -0.4 is 0 Å². The minimum atomic E-state index is -0.812. The van der Waals surface area contributed by atoms with E-state index in [1.165, 1.54) is 0 Å². The predicted molar refractivity (Wildman–Crippen MR) is 85.3 cm³/mol. The molecule has 0 heterocycles. The van der Waals surface area contributed by atoms with E-state index in [2.05, 4.69) is 0 Å². The standard InChI is InChI=1S/C18H21NO3/c1-13(15-9-6-10-16(20)11-15)19(2)18(22)12-17(21)14-7-4-3-5-8-14/h3-11,13,17,20-21H,12H2,1-2H3. The van der Waals surface area contributed by atoms with E-state index in [1.807, 2.05) is 31.2 Å². The number of rotatable bonds is 5. The summed E-state index contributed by atoms with van der Waals surface area (Å²) in [5.41, 5.74) is 1.58. The van der Waals surface area contributed by atoms with Gasteiger partial charge in [0.2, 0.25) is 5.91 Å². The third kappa shape index (κ3) is 3.86. The molecule has 0 aliphatic rings. The summed E-state index contributed by atoms with van der Waals surface area (Å²) >= 11 is 0. The van der Waals surface area contributed by atoms with E-state index in [4.69, 9.17) is 0 Å². The molecule has 1 amide bonds. The molecular weight excluding hydrogens is 278 g/mol. The fourth-order valence-corrected chi connectivity index (χ4v) is 2.33. The van der Waals surface area contributed by atoms with Gasteiger partial charge in [-0.15, -0.1) is 0 Å². The van der Waals surface area contributed by atoms with Crippen molar-refractivity contribution in [3.8, 4) is 5.75 Å². The Morgan fingerprint density at radius 3 is 2.36 bits per heavy atom. The Morgan fingerprint density at radius 1 is 1.09 bits per heavy atom. The SMILES string of the molecule is CC(c1cccc(O)c1)N(C)C(=O)CC(O)c1ccccc1. The van der Waals surface area contributed by atoms with Gasteiger partial charge in [-0.1, -0.05) is 42.5 Å². The van der Waals surface area contributed by atoms with Crippen LogP contribution in [0.2, 0.25) is 0 Å². The van der Waals surface area contributed by atoms with Crippen LogP contribution in [0.25, 0.3) is 0 Å². The highest BCUT2D eigenvalue weighted by molar-refractivity contribution is 5.77. The lowest BCUT2D eigenvalue weighted by atomic mass is 10.0. The number of hydrogen-bond donors (Lipinski definition) is 2. The summed E-state index contributed by atoms with van der Waals surface area (Å²) in [6.45, 7) is 1.89. The molecule has 2 aromatic carbocycles. The number of aliphatic hydroxyl groups is 1. The minimum absolute atomic E-state index is 0.0314. The summed E-state index contributed by atoms with van der Waals surface area (Å²) < 4.78 is 0. The van der Waals surface area contributed by atoms with Gasteiger partial charge >= 0.3 is 0 Å². The maximum Gasteiger partial charge on any atom is 0.225 e. The summed E-state index contributed by atoms with van der Waals surface area (Å²) in [5.74, 6) is 0.0294. The summed E-state index contributed by atoms with van der Waals surface area (Å²) in [6.07, 6.45) is -0.781. The first kappa shape index (κ1) is 16.0. The van der Waals surface area contributed by atoms with E-state index in [0.29, 0.717) is 0 Å². The van der Waals surface area contributed by atoms with Crippen LogP contribution >= 0.6 is 0 Å². The fourth-order valence-electron chi connectivity index (χ4n) is 2.33. The molecule has 0 fully saturated rings. The molecule has 116 valence electrons. The number of nitrogens with zero attached hydrogens (tertiary/aromatic N) is 1. The summed E-state index contributed by atoms with van der Waals surface area (Å²) in [5, 5.41) is 19.7. The Balaban J connectivity index is 2.02. The summed E-state index contributed by atoms with van der Waals surface area (Å²) in [4.78, 5) is 13.9. The van der Waals surface area contributed by atoms with E-state index in [-0.39, 0.29) is 24.1 Å². The molecule has 2 atom stereocenters. The molecule has 4 heteroatoms. The molecule has 0 spiro atoms. The van der Waals surface area contributed by atoms with Gasteiger partial charge in [-0.25, -0.2) is 0 Å². The van der Waals surface area contributed by atoms with Crippen molar-refractivity contribution >= 4 is 5.91 Å². The van der Waals surface area contributed by atoms with Gasteiger partial charge in [-0.3, -0.25) is 4.79 Å². The van der Waals surface area contributed by atoms with Crippen LogP contribution in [-0.2, 0) is 4.79 Å². The molecule has 0 saturated heterocycles. The van der Waals surface area contributed by atoms with Gasteiger partial charge in [0.25, 0.3) is 0 Å². The molecule has 0 saturated carbocycles. The Labute approximate surface area is 130 Å². The maximum atomic E-state index is 12.3. The molecule has 0 radical (unpaired) electrons. The van der Waals surface area contributed by atoms with Crippen LogP contribution in [0.4, 0.5) is 0 Å². The molecule has 4 nitrogen and oxygen atoms in total. The van der Waals surface area contributed by atoms with Crippen LogP contribution in [0.3, 0.4) is 0 Å². The number of aliphatic hydroxyl groups excluding tert-OH is 1. The quantitative estimate of drug-likeness (QED) is 0.892. The summed E-state index contributed by atoms with van der Waals surface area (Å²) in [6, 6.07) is 15.8. The Bertz CT molecular complexity index is 627. The zero-order chi connectivity index (χ0) is 16.1. The summed E-state index contributed by atoms with van der Waals surface area (Å²) in [7, 11) is 1.70. The Morgan fingerprint density at radius 2 is 1.73 bits per heavy atom. The topological polar surface area (TPSA) is 60.8 Å². The predicted octanol–water partition coefficient (Wildman–Crippen LogP) is 3.04. The van der Waals surface area contributed by atoms with Gasteiger partial charge in [0, 0.05) is 7.05 Å². The number of hydrogen-bond acceptors (Lipinski definition) is 3. The van der Waals surface area contributed by atoms with Crippen LogP contribution in [0.5, 0.6) is 5.75 Å². The zero-order valence-corrected chi connectivity index (χ0v) is 12.8. The van der Waals surface area contributed by atoms with Crippen molar-refractivity contribution in [3.05, 3.63) is 65.7 Å². The van der Waals surface area contributed by atoms with Gasteiger partial charge in [-0.2, -0.15) is 0 Å². The molecule has 0 bridgehead atoms. The van der Waals surface area contributed by atoms with Crippen molar-refractivity contribution in [2.45, 2.75) is 25.5 Å². The third-order valence-corrected chi connectivity index (χ3v) is 3.88. The third-order valence-electron chi connectivity index (χ3n) is 3.88. The Kier molecular flexibility index (Phi) is 5.17. The molecule has 0 aliphatic carbocycles. The minimum Gasteiger partial charge on any atom is -0.508 e. The van der Waals surface area contributed by atoms with Crippen LogP contribution in [-0.4, -0.2) is 28.1 Å². The lowest BCUT2D eigenvalue weighted by molar-refractivity contribution is -0.134. The van der Waals surface area contributed by atoms with E-state index in [0.717, 1.165) is 11.1 Å². The number of aromatic hydroxyl groups is 1. The number of amides is 1. The second kappa shape index (κ2) is 7.09. The van der Waals surface area contributed by atoms with Crippen LogP contribution in [0, 0.1) is 0 Å². The molecule has 2 rings (SSSR count). The average molecular weight is 299 g/mol. The molecule has 0 aliphatic heterocycles. The lowest BCUT2D eigenvalue weighted by Gasteiger charge is -2.26. The molecular formula is C18H21NO3. The van der Waals surface area contributed by atoms with Crippen LogP contribution in [0.1, 0.15) is 36.6 Å². The largest absolute Gasteiger partial charge is 0.508 e. The van der Waals surface area contributed by atoms with Crippen molar-refractivity contribution in [2.75, 3.05) is 7.05 Å². The number of carbonyl (C=O) groups is 1. The van der Waals surface area contributed by atoms with E-state index < -0.39 is 6.10 Å². The van der Waals surface area contributed by atoms with E-state index in [1.54, 1.807) is 42.3 Å². The van der Waals surface area contributed by atoms with Gasteiger partial charge in [0.05, 0.1) is 18.6 Å². The number of phenols is 1. The number of phenolic OH excluding ortho intramolecular Hbond substituents is 1. The van der Waals surface area contributed by atoms with Crippen molar-refractivity contribution in [3.63, 3.8) is 0 Å². The normalized spacial score (nSPS) is 13.4. The molecule has 2 aromatic rings. The monoisotopic (exact) mass is 299 g/mol. The Hall–Kier alpha value is -2.33. The first-order valence-electron chi connectivity index (χ1n) is 7.26. The smallest absolute Gasteiger partial charge is 0.225 e. The van der Waals surface area contributed by atoms with Crippen molar-refractivity contribution in [1.29, 1.82) is 0 Å². The maximum absolute atomic E-state index is 12.3. The second-order valence-electron chi connectivity index (χ2n) is 5.41. The van der Waals surface area contributed by atoms with Gasteiger partial charge in [-0.05, 0) is 30.2 Å². The highest BCUT2D eigenvalue weighted by atomic mass is 16.3. The van der Waals surface area contributed by atoms with Gasteiger partial charge < -0.3 is 15.1 Å². The van der Waals surface area contributed by atoms with Crippen molar-refractivity contribution in [2.24, 2.45) is 0 Å². The fraction of sp³-hybridized carbons (Fsp3) is 0.278. The molecule has 0 aromatic heterocycles. The van der Waals surface area contributed by atoms with E-state index in [9.17, 15) is 15.0 Å². The van der Waals surface area contributed by atoms with Crippen LogP contribution in [0.15, 0.2) is 54.6 Å². The zero-order valence-electron chi connectivity index (χ0n) is 12.8. The first-order valence-corrected chi connectivity index (χ1v) is 7.26.